The predicted molar refractivity (Wildman–Crippen MR) is 193 cm³/mol. The summed E-state index contributed by atoms with van der Waals surface area (Å²) in [6, 6.07) is 24.5. The van der Waals surface area contributed by atoms with E-state index in [1.165, 1.54) is 19.3 Å². The lowest BCUT2D eigenvalue weighted by atomic mass is 9.65. The molecule has 0 radical (unpaired) electrons. The molecule has 2 aliphatic heterocycles. The van der Waals surface area contributed by atoms with E-state index in [9.17, 15) is 14.7 Å². The van der Waals surface area contributed by atoms with Crippen LogP contribution in [-0.2, 0) is 32.2 Å². The van der Waals surface area contributed by atoms with Crippen molar-refractivity contribution >= 4 is 12.0 Å². The van der Waals surface area contributed by atoms with Gasteiger partial charge in [0.1, 0.15) is 6.54 Å². The molecule has 3 fully saturated rings. The summed E-state index contributed by atoms with van der Waals surface area (Å²) in [5.41, 5.74) is 6.56. The van der Waals surface area contributed by atoms with Crippen molar-refractivity contribution in [2.45, 2.75) is 91.6 Å². The van der Waals surface area contributed by atoms with Crippen molar-refractivity contribution in [2.75, 3.05) is 26.2 Å². The van der Waals surface area contributed by atoms with E-state index in [1.807, 2.05) is 36.4 Å². The van der Waals surface area contributed by atoms with Gasteiger partial charge >= 0.3 is 12.0 Å². The molecule has 2 bridgehead atoms. The van der Waals surface area contributed by atoms with Gasteiger partial charge < -0.3 is 30.0 Å². The summed E-state index contributed by atoms with van der Waals surface area (Å²) in [5.74, 6) is -0.349. The van der Waals surface area contributed by atoms with Crippen LogP contribution in [-0.4, -0.2) is 60.4 Å². The SMILES string of the molecule is CCOC(=O)CNC(=O)NCc1ccccc1-c1ccc([C@@H]2O[C@H](CN3CC4(C)CC3CC(C)(C)C4)[C@H](C)[C@H](c3ccc(CO)cc3)O2)cc1. The molecule has 1 saturated carbocycles. The first kappa shape index (κ1) is 36.0. The number of hydrogen-bond acceptors (Lipinski definition) is 7. The van der Waals surface area contributed by atoms with E-state index in [-0.39, 0.29) is 37.9 Å². The fourth-order valence-corrected chi connectivity index (χ4v) is 8.73. The Balaban J connectivity index is 1.19. The van der Waals surface area contributed by atoms with Gasteiger partial charge in [0.15, 0.2) is 6.29 Å². The third-order valence-corrected chi connectivity index (χ3v) is 10.7. The average Bonchev–Trinajstić information content (AvgIpc) is 3.34. The Morgan fingerprint density at radius 2 is 1.66 bits per heavy atom. The number of esters is 1. The van der Waals surface area contributed by atoms with Gasteiger partial charge in [0.05, 0.1) is 25.4 Å². The first-order valence-electron chi connectivity index (χ1n) is 18.1. The second-order valence-electron chi connectivity index (χ2n) is 15.6. The number of aliphatic hydroxyl groups excluding tert-OH is 1. The molecule has 6 rings (SSSR count). The molecule has 50 heavy (non-hydrogen) atoms. The van der Waals surface area contributed by atoms with E-state index in [0.29, 0.717) is 23.4 Å². The minimum atomic E-state index is -0.540. The van der Waals surface area contributed by atoms with Gasteiger partial charge in [0.25, 0.3) is 0 Å². The van der Waals surface area contributed by atoms with Gasteiger partial charge in [-0.05, 0) is 64.8 Å². The van der Waals surface area contributed by atoms with Gasteiger partial charge in [0, 0.05) is 37.2 Å². The third kappa shape index (κ3) is 8.40. The number of nitrogens with one attached hydrogen (secondary N) is 2. The molecular formula is C41H53N3O6. The number of carbonyl (C=O) groups excluding carboxylic acids is 2. The van der Waals surface area contributed by atoms with E-state index < -0.39 is 18.3 Å². The number of likely N-dealkylation sites (tertiary alicyclic amines) is 1. The van der Waals surface area contributed by atoms with Crippen molar-refractivity contribution in [3.05, 3.63) is 95.1 Å². The Kier molecular flexibility index (Phi) is 11.0. The monoisotopic (exact) mass is 683 g/mol. The zero-order valence-corrected chi connectivity index (χ0v) is 30.1. The number of rotatable bonds is 11. The summed E-state index contributed by atoms with van der Waals surface area (Å²) in [6.07, 6.45) is 2.99. The summed E-state index contributed by atoms with van der Waals surface area (Å²) in [7, 11) is 0. The molecule has 9 nitrogen and oxygen atoms in total. The van der Waals surface area contributed by atoms with Crippen LogP contribution in [0.4, 0.5) is 4.79 Å². The molecule has 3 aliphatic rings. The molecule has 2 saturated heterocycles. The summed E-state index contributed by atoms with van der Waals surface area (Å²) in [6.45, 7) is 13.6. The Labute approximate surface area is 296 Å². The molecular weight excluding hydrogens is 630 g/mol. The van der Waals surface area contributed by atoms with Gasteiger partial charge in [-0.15, -0.1) is 0 Å². The van der Waals surface area contributed by atoms with Crippen LogP contribution < -0.4 is 10.6 Å². The summed E-state index contributed by atoms with van der Waals surface area (Å²) in [5, 5.41) is 15.0. The number of carbonyl (C=O) groups is 2. The van der Waals surface area contributed by atoms with Crippen molar-refractivity contribution in [1.82, 2.24) is 15.5 Å². The van der Waals surface area contributed by atoms with Gasteiger partial charge in [-0.25, -0.2) is 4.79 Å². The van der Waals surface area contributed by atoms with E-state index in [0.717, 1.165) is 46.5 Å². The number of ether oxygens (including phenoxy) is 3. The highest BCUT2D eigenvalue weighted by atomic mass is 16.7. The van der Waals surface area contributed by atoms with Gasteiger partial charge in [0.2, 0.25) is 0 Å². The maximum absolute atomic E-state index is 12.3. The quantitative estimate of drug-likeness (QED) is 0.189. The third-order valence-electron chi connectivity index (χ3n) is 10.7. The second kappa shape index (κ2) is 15.2. The van der Waals surface area contributed by atoms with Crippen molar-refractivity contribution in [2.24, 2.45) is 16.7 Å². The topological polar surface area (TPSA) is 109 Å². The van der Waals surface area contributed by atoms with E-state index in [2.05, 4.69) is 79.6 Å². The number of fused-ring (bicyclic) bond motifs is 2. The van der Waals surface area contributed by atoms with Crippen LogP contribution in [0.25, 0.3) is 11.1 Å². The molecule has 9 heteroatoms. The van der Waals surface area contributed by atoms with Crippen molar-refractivity contribution in [1.29, 1.82) is 0 Å². The highest BCUT2D eigenvalue weighted by Crippen LogP contribution is 2.53. The van der Waals surface area contributed by atoms with Gasteiger partial charge in [-0.2, -0.15) is 0 Å². The molecule has 0 spiro atoms. The number of nitrogens with zero attached hydrogens (tertiary/aromatic N) is 1. The number of benzene rings is 3. The maximum Gasteiger partial charge on any atom is 0.325 e. The first-order chi connectivity index (χ1) is 24.0. The second-order valence-corrected chi connectivity index (χ2v) is 15.6. The molecule has 0 aromatic heterocycles. The molecule has 268 valence electrons. The largest absolute Gasteiger partial charge is 0.465 e. The number of urea groups is 1. The lowest BCUT2D eigenvalue weighted by Gasteiger charge is -2.43. The molecule has 2 heterocycles. The summed E-state index contributed by atoms with van der Waals surface area (Å²) in [4.78, 5) is 26.6. The van der Waals surface area contributed by atoms with Crippen LogP contribution in [0.2, 0.25) is 0 Å². The summed E-state index contributed by atoms with van der Waals surface area (Å²) >= 11 is 0. The van der Waals surface area contributed by atoms with Crippen LogP contribution in [0.5, 0.6) is 0 Å². The normalized spacial score (nSPS) is 27.4. The van der Waals surface area contributed by atoms with Crippen LogP contribution in [0.15, 0.2) is 72.8 Å². The smallest absolute Gasteiger partial charge is 0.325 e. The van der Waals surface area contributed by atoms with Crippen LogP contribution in [0, 0.1) is 16.7 Å². The zero-order chi connectivity index (χ0) is 35.5. The molecule has 1 aliphatic carbocycles. The zero-order valence-electron chi connectivity index (χ0n) is 30.1. The highest BCUT2D eigenvalue weighted by Gasteiger charge is 2.51. The van der Waals surface area contributed by atoms with Gasteiger partial charge in [-0.1, -0.05) is 100 Å². The minimum absolute atomic E-state index is 0.00933. The lowest BCUT2D eigenvalue weighted by Crippen LogP contribution is -2.46. The van der Waals surface area contributed by atoms with Crippen molar-refractivity contribution < 1.29 is 28.9 Å². The number of aliphatic hydroxyl groups is 1. The number of amides is 2. The standard InChI is InChI=1S/C41H53N3O6/c1-6-48-36(46)22-43-39(47)42-21-32-9-7-8-10-34(32)29-15-17-31(18-16-29)38-49-35(23-44-26-41(5)20-33(44)19-40(3,4)25-41)27(2)37(50-38)30-13-11-28(24-45)12-14-30/h7-18,27,33,35,37-38,45H,6,19-26H2,1-5H3,(H2,42,43,47)/t27-,33?,35+,37+,38+,41?/m0/s1. The molecule has 3 aromatic carbocycles. The lowest BCUT2D eigenvalue weighted by molar-refractivity contribution is -0.276. The van der Waals surface area contributed by atoms with Crippen LogP contribution in [0.3, 0.4) is 0 Å². The molecule has 2 unspecified atom stereocenters. The van der Waals surface area contributed by atoms with Crippen molar-refractivity contribution in [3.63, 3.8) is 0 Å². The fraction of sp³-hybridized carbons (Fsp3) is 0.512. The van der Waals surface area contributed by atoms with Crippen molar-refractivity contribution in [3.8, 4) is 11.1 Å². The Bertz CT molecular complexity index is 1630. The highest BCUT2D eigenvalue weighted by molar-refractivity contribution is 5.81. The average molecular weight is 684 g/mol. The summed E-state index contributed by atoms with van der Waals surface area (Å²) < 4.78 is 18.5. The maximum atomic E-state index is 12.3. The Hall–Kier alpha value is -3.76. The molecule has 3 aromatic rings. The van der Waals surface area contributed by atoms with E-state index >= 15 is 0 Å². The number of hydrogen-bond donors (Lipinski definition) is 3. The molecule has 6 atom stereocenters. The van der Waals surface area contributed by atoms with Crippen LogP contribution >= 0.6 is 0 Å². The van der Waals surface area contributed by atoms with E-state index in [1.54, 1.807) is 6.92 Å². The fourth-order valence-electron chi connectivity index (χ4n) is 8.73. The van der Waals surface area contributed by atoms with E-state index in [4.69, 9.17) is 14.2 Å². The van der Waals surface area contributed by atoms with Gasteiger partial charge in [-0.3, -0.25) is 9.69 Å². The minimum Gasteiger partial charge on any atom is -0.465 e. The molecule has 3 N–H and O–H groups in total. The van der Waals surface area contributed by atoms with Crippen LogP contribution in [0.1, 0.15) is 88.5 Å². The Morgan fingerprint density at radius 3 is 2.38 bits per heavy atom. The first-order valence-corrected chi connectivity index (χ1v) is 18.1. The predicted octanol–water partition coefficient (Wildman–Crippen LogP) is 6.90. The Morgan fingerprint density at radius 1 is 0.940 bits per heavy atom. The molecule has 2 amide bonds.